The molecular weight excluding hydrogens is 270 g/mol. The van der Waals surface area contributed by atoms with Gasteiger partial charge in [0.1, 0.15) is 11.0 Å². The molecule has 0 N–H and O–H groups in total. The van der Waals surface area contributed by atoms with Crippen LogP contribution in [-0.2, 0) is 11.0 Å². The predicted octanol–water partition coefficient (Wildman–Crippen LogP) is 3.25. The normalized spacial score (nSPS) is 17.9. The predicted molar refractivity (Wildman–Crippen MR) is 83.5 cm³/mol. The van der Waals surface area contributed by atoms with Crippen LogP contribution in [0.1, 0.15) is 45.2 Å². The maximum absolute atomic E-state index is 11.9. The van der Waals surface area contributed by atoms with Crippen LogP contribution in [-0.4, -0.2) is 24.7 Å². The Kier molecular flexibility index (Phi) is 3.24. The monoisotopic (exact) mass is 289 g/mol. The largest absolute Gasteiger partial charge is 0.327 e. The minimum atomic E-state index is -1.22. The first-order valence-corrected chi connectivity index (χ1v) is 7.98. The second kappa shape index (κ2) is 4.81. The van der Waals surface area contributed by atoms with E-state index in [1.54, 1.807) is 6.21 Å². The molecule has 2 aromatic rings. The molecule has 5 heteroatoms. The van der Waals surface area contributed by atoms with Crippen molar-refractivity contribution in [3.63, 3.8) is 0 Å². The van der Waals surface area contributed by atoms with E-state index in [4.69, 9.17) is 0 Å². The maximum atomic E-state index is 11.9. The van der Waals surface area contributed by atoms with Gasteiger partial charge in [0.15, 0.2) is 0 Å². The number of rotatable bonds is 3. The molecule has 1 aliphatic carbocycles. The van der Waals surface area contributed by atoms with Gasteiger partial charge < -0.3 is 4.57 Å². The average Bonchev–Trinajstić information content (AvgIpc) is 3.15. The van der Waals surface area contributed by atoms with E-state index in [-0.39, 0.29) is 4.75 Å². The number of benzene rings is 1. The van der Waals surface area contributed by atoms with Crippen LogP contribution < -0.4 is 0 Å². The van der Waals surface area contributed by atoms with Crippen LogP contribution in [0.3, 0.4) is 0 Å². The number of nitrogens with zero attached hydrogens (tertiary/aromatic N) is 3. The van der Waals surface area contributed by atoms with E-state index in [1.165, 1.54) is 12.8 Å². The van der Waals surface area contributed by atoms with Crippen LogP contribution >= 0.6 is 0 Å². The van der Waals surface area contributed by atoms with Crippen LogP contribution in [0.25, 0.3) is 11.0 Å². The molecule has 3 rings (SSSR count). The molecule has 1 heterocycles. The lowest BCUT2D eigenvalue weighted by Gasteiger charge is -2.12. The molecule has 1 unspecified atom stereocenters. The topological polar surface area (TPSA) is 47.2 Å². The Hall–Kier alpha value is -1.49. The summed E-state index contributed by atoms with van der Waals surface area (Å²) in [6.45, 7) is 5.77. The fourth-order valence-electron chi connectivity index (χ4n) is 2.03. The molecule has 1 aromatic carbocycles. The van der Waals surface area contributed by atoms with Crippen molar-refractivity contribution in [1.29, 1.82) is 0 Å². The number of imidazole rings is 1. The maximum Gasteiger partial charge on any atom is 0.144 e. The first-order valence-electron chi connectivity index (χ1n) is 6.88. The van der Waals surface area contributed by atoms with Crippen molar-refractivity contribution in [2.75, 3.05) is 0 Å². The Labute approximate surface area is 121 Å². The molecule has 20 heavy (non-hydrogen) atoms. The molecule has 0 spiro atoms. The summed E-state index contributed by atoms with van der Waals surface area (Å²) < 4.78 is 18.0. The first-order chi connectivity index (χ1) is 9.45. The molecule has 0 aliphatic heterocycles. The Bertz CT molecular complexity index is 693. The van der Waals surface area contributed by atoms with Gasteiger partial charge in [-0.25, -0.2) is 9.19 Å². The van der Waals surface area contributed by atoms with Gasteiger partial charge in [0.05, 0.1) is 22.1 Å². The number of hydrogen-bond donors (Lipinski definition) is 0. The highest BCUT2D eigenvalue weighted by atomic mass is 32.2. The molecule has 1 aliphatic rings. The third-order valence-corrected chi connectivity index (χ3v) is 4.71. The van der Waals surface area contributed by atoms with Crippen molar-refractivity contribution in [2.24, 2.45) is 4.40 Å². The highest BCUT2D eigenvalue weighted by Crippen LogP contribution is 2.37. The van der Waals surface area contributed by atoms with Crippen LogP contribution in [0, 0.1) is 0 Å². The van der Waals surface area contributed by atoms with Gasteiger partial charge in [0.25, 0.3) is 0 Å². The lowest BCUT2D eigenvalue weighted by Crippen LogP contribution is -2.19. The quantitative estimate of drug-likeness (QED) is 0.814. The van der Waals surface area contributed by atoms with Gasteiger partial charge in [-0.3, -0.25) is 0 Å². The molecule has 1 aromatic heterocycles. The van der Waals surface area contributed by atoms with E-state index in [9.17, 15) is 4.21 Å². The average molecular weight is 289 g/mol. The second-order valence-corrected chi connectivity index (χ2v) is 8.16. The minimum Gasteiger partial charge on any atom is -0.327 e. The number of hydrogen-bond acceptors (Lipinski definition) is 2. The van der Waals surface area contributed by atoms with Crippen molar-refractivity contribution < 1.29 is 4.21 Å². The zero-order valence-corrected chi connectivity index (χ0v) is 12.9. The molecule has 0 saturated heterocycles. The van der Waals surface area contributed by atoms with Gasteiger partial charge in [0, 0.05) is 12.3 Å². The summed E-state index contributed by atoms with van der Waals surface area (Å²) in [5.41, 5.74) is 3.11. The van der Waals surface area contributed by atoms with Crippen molar-refractivity contribution in [3.8, 4) is 0 Å². The van der Waals surface area contributed by atoms with Gasteiger partial charge in [-0.15, -0.1) is 0 Å². The molecule has 4 nitrogen and oxygen atoms in total. The molecule has 0 bridgehead atoms. The summed E-state index contributed by atoms with van der Waals surface area (Å²) in [6.07, 6.45) is 6.08. The van der Waals surface area contributed by atoms with Gasteiger partial charge in [-0.05, 0) is 51.3 Å². The summed E-state index contributed by atoms with van der Waals surface area (Å²) in [6, 6.07) is 6.64. The van der Waals surface area contributed by atoms with E-state index < -0.39 is 11.0 Å². The Morgan fingerprint density at radius 3 is 2.80 bits per heavy atom. The lowest BCUT2D eigenvalue weighted by atomic mass is 10.2. The summed E-state index contributed by atoms with van der Waals surface area (Å²) in [7, 11) is -1.22. The summed E-state index contributed by atoms with van der Waals surface area (Å²) in [5, 5.41) is 0. The Morgan fingerprint density at radius 2 is 2.15 bits per heavy atom. The van der Waals surface area contributed by atoms with E-state index in [1.807, 2.05) is 39.2 Å². The standard InChI is InChI=1S/C15H19N3OS/c1-15(2,3)20(19)17-9-11-4-7-13-14(8-11)18(10-16-13)12-5-6-12/h4,7-10,12H,5-6H2,1-3H3. The Balaban J connectivity index is 1.90. The van der Waals surface area contributed by atoms with Gasteiger partial charge in [-0.1, -0.05) is 6.07 Å². The number of fused-ring (bicyclic) bond motifs is 1. The Morgan fingerprint density at radius 1 is 1.40 bits per heavy atom. The van der Waals surface area contributed by atoms with E-state index in [2.05, 4.69) is 20.0 Å². The molecule has 0 radical (unpaired) electrons. The van der Waals surface area contributed by atoms with Crippen LogP contribution in [0.15, 0.2) is 28.9 Å². The van der Waals surface area contributed by atoms with Gasteiger partial charge >= 0.3 is 0 Å². The first kappa shape index (κ1) is 13.5. The highest BCUT2D eigenvalue weighted by Gasteiger charge is 2.24. The third kappa shape index (κ3) is 2.68. The zero-order chi connectivity index (χ0) is 14.3. The smallest absolute Gasteiger partial charge is 0.144 e. The van der Waals surface area contributed by atoms with E-state index >= 15 is 0 Å². The second-order valence-electron chi connectivity index (χ2n) is 6.23. The van der Waals surface area contributed by atoms with Crippen LogP contribution in [0.2, 0.25) is 0 Å². The summed E-state index contributed by atoms with van der Waals surface area (Å²) in [4.78, 5) is 4.41. The molecule has 1 atom stereocenters. The van der Waals surface area contributed by atoms with Crippen molar-refractivity contribution in [3.05, 3.63) is 30.1 Å². The van der Waals surface area contributed by atoms with Gasteiger partial charge in [-0.2, -0.15) is 4.40 Å². The molecule has 0 amide bonds. The van der Waals surface area contributed by atoms with Crippen LogP contribution in [0.5, 0.6) is 0 Å². The minimum absolute atomic E-state index is 0.323. The van der Waals surface area contributed by atoms with E-state index in [0.29, 0.717) is 6.04 Å². The lowest BCUT2D eigenvalue weighted by molar-refractivity contribution is 0.651. The van der Waals surface area contributed by atoms with Crippen LogP contribution in [0.4, 0.5) is 0 Å². The zero-order valence-electron chi connectivity index (χ0n) is 12.0. The van der Waals surface area contributed by atoms with Crippen molar-refractivity contribution >= 4 is 28.2 Å². The highest BCUT2D eigenvalue weighted by molar-refractivity contribution is 7.85. The van der Waals surface area contributed by atoms with Crippen molar-refractivity contribution in [2.45, 2.75) is 44.4 Å². The molecular formula is C15H19N3OS. The molecule has 1 fully saturated rings. The molecule has 106 valence electrons. The fraction of sp³-hybridized carbons (Fsp3) is 0.467. The summed E-state index contributed by atoms with van der Waals surface area (Å²) in [5.74, 6) is 0. The SMILES string of the molecule is CC(C)(C)S(=O)N=Cc1ccc2ncn(C3CC3)c2c1. The number of aromatic nitrogens is 2. The molecule has 1 saturated carbocycles. The third-order valence-electron chi connectivity index (χ3n) is 3.36. The van der Waals surface area contributed by atoms with Gasteiger partial charge in [0.2, 0.25) is 0 Å². The summed E-state index contributed by atoms with van der Waals surface area (Å²) >= 11 is 0. The van der Waals surface area contributed by atoms with E-state index in [0.717, 1.165) is 16.6 Å². The fourth-order valence-corrected chi connectivity index (χ4v) is 2.57. The van der Waals surface area contributed by atoms with Crippen molar-refractivity contribution in [1.82, 2.24) is 9.55 Å².